The maximum absolute atomic E-state index is 13.0. The molecule has 2 fully saturated rings. The van der Waals surface area contributed by atoms with Crippen LogP contribution in [0.15, 0.2) is 23.1 Å². The molecule has 3 rings (SSSR count). The van der Waals surface area contributed by atoms with Crippen molar-refractivity contribution in [3.05, 3.63) is 29.3 Å². The molecule has 148 valence electrons. The van der Waals surface area contributed by atoms with Gasteiger partial charge in [-0.2, -0.15) is 4.31 Å². The van der Waals surface area contributed by atoms with Crippen LogP contribution in [0.25, 0.3) is 0 Å². The minimum atomic E-state index is -3.54. The van der Waals surface area contributed by atoms with Crippen LogP contribution in [0.5, 0.6) is 0 Å². The normalized spacial score (nSPS) is 22.9. The molecule has 2 aliphatic rings. The number of ketones is 1. The molecule has 1 unspecified atom stereocenters. The molecule has 0 saturated carbocycles. The Morgan fingerprint density at radius 2 is 1.78 bits per heavy atom. The van der Waals surface area contributed by atoms with Gasteiger partial charge >= 0.3 is 0 Å². The van der Waals surface area contributed by atoms with Crippen molar-refractivity contribution < 1.29 is 18.0 Å². The van der Waals surface area contributed by atoms with E-state index in [1.54, 1.807) is 11.0 Å². The molecule has 1 aromatic carbocycles. The number of sulfonamides is 1. The van der Waals surface area contributed by atoms with Crippen LogP contribution >= 0.6 is 0 Å². The number of amides is 1. The molecule has 0 spiro atoms. The highest BCUT2D eigenvalue weighted by Gasteiger charge is 2.36. The minimum Gasteiger partial charge on any atom is -0.341 e. The number of aryl methyl sites for hydroxylation is 2. The summed E-state index contributed by atoms with van der Waals surface area (Å²) in [6.45, 7) is 7.30. The van der Waals surface area contributed by atoms with Gasteiger partial charge in [0.1, 0.15) is 5.78 Å². The highest BCUT2D eigenvalue weighted by Crippen LogP contribution is 2.28. The molecule has 1 atom stereocenters. The summed E-state index contributed by atoms with van der Waals surface area (Å²) in [4.78, 5) is 26.6. The van der Waals surface area contributed by atoms with Gasteiger partial charge in [-0.15, -0.1) is 0 Å². The second kappa shape index (κ2) is 7.72. The van der Waals surface area contributed by atoms with Crippen LogP contribution in [0, 0.1) is 25.7 Å². The molecule has 6 nitrogen and oxygen atoms in total. The van der Waals surface area contributed by atoms with E-state index in [1.807, 2.05) is 32.9 Å². The lowest BCUT2D eigenvalue weighted by Gasteiger charge is -2.36. The molecule has 1 aromatic rings. The van der Waals surface area contributed by atoms with Crippen molar-refractivity contribution in [2.75, 3.05) is 26.2 Å². The molecule has 1 amide bonds. The second-order valence-corrected chi connectivity index (χ2v) is 9.76. The zero-order valence-electron chi connectivity index (χ0n) is 16.3. The Labute approximate surface area is 161 Å². The van der Waals surface area contributed by atoms with Gasteiger partial charge in [-0.25, -0.2) is 8.42 Å². The number of carbonyl (C=O) groups excluding carboxylic acids is 2. The van der Waals surface area contributed by atoms with Crippen molar-refractivity contribution in [2.45, 2.75) is 44.9 Å². The van der Waals surface area contributed by atoms with E-state index >= 15 is 0 Å². The van der Waals surface area contributed by atoms with E-state index in [0.29, 0.717) is 50.3 Å². The zero-order valence-corrected chi connectivity index (χ0v) is 17.1. The molecule has 2 saturated heterocycles. The third kappa shape index (κ3) is 4.09. The molecule has 7 heteroatoms. The predicted molar refractivity (Wildman–Crippen MR) is 103 cm³/mol. The number of carbonyl (C=O) groups is 2. The summed E-state index contributed by atoms with van der Waals surface area (Å²) >= 11 is 0. The maximum Gasteiger partial charge on any atom is 0.243 e. The largest absolute Gasteiger partial charge is 0.341 e. The van der Waals surface area contributed by atoms with Gasteiger partial charge in [0, 0.05) is 44.4 Å². The van der Waals surface area contributed by atoms with Crippen LogP contribution < -0.4 is 0 Å². The fourth-order valence-corrected chi connectivity index (χ4v) is 5.72. The summed E-state index contributed by atoms with van der Waals surface area (Å²) in [6, 6.07) is 5.36. The summed E-state index contributed by atoms with van der Waals surface area (Å²) in [5.41, 5.74) is 1.78. The summed E-state index contributed by atoms with van der Waals surface area (Å²) in [6.07, 6.45) is 1.48. The molecule has 0 N–H and O–H groups in total. The first kappa shape index (κ1) is 20.0. The summed E-state index contributed by atoms with van der Waals surface area (Å²) in [7, 11) is -3.54. The van der Waals surface area contributed by atoms with Gasteiger partial charge in [0.05, 0.1) is 4.90 Å². The van der Waals surface area contributed by atoms with E-state index in [2.05, 4.69) is 0 Å². The van der Waals surface area contributed by atoms with Gasteiger partial charge in [0.25, 0.3) is 0 Å². The number of hydrogen-bond acceptors (Lipinski definition) is 4. The van der Waals surface area contributed by atoms with Crippen molar-refractivity contribution in [1.82, 2.24) is 9.21 Å². The first-order valence-electron chi connectivity index (χ1n) is 9.59. The molecule has 0 radical (unpaired) electrons. The second-order valence-electron chi connectivity index (χ2n) is 7.85. The molecular weight excluding hydrogens is 364 g/mol. The Bertz CT molecular complexity index is 842. The van der Waals surface area contributed by atoms with Crippen molar-refractivity contribution >= 4 is 21.7 Å². The van der Waals surface area contributed by atoms with E-state index in [0.717, 1.165) is 11.1 Å². The average Bonchev–Trinajstić information content (AvgIpc) is 2.63. The number of Topliss-reactive ketones (excluding diaryl/α,β-unsaturated/α-hetero) is 1. The molecular formula is C20H28N2O4S. The first-order chi connectivity index (χ1) is 12.7. The number of rotatable bonds is 3. The standard InChI is InChI=1S/C20H28N2O4S/c1-14-4-5-19(15(2)12-14)27(25,26)22-10-6-17(7-11-22)20(24)21-9-8-18(23)16(3)13-21/h4-5,12,16-17H,6-11,13H2,1-3H3. The van der Waals surface area contributed by atoms with Crippen molar-refractivity contribution in [3.63, 3.8) is 0 Å². The Kier molecular flexibility index (Phi) is 5.72. The highest BCUT2D eigenvalue weighted by atomic mass is 32.2. The van der Waals surface area contributed by atoms with Crippen LogP contribution in [0.2, 0.25) is 0 Å². The number of likely N-dealkylation sites (tertiary alicyclic amines) is 1. The predicted octanol–water partition coefficient (Wildman–Crippen LogP) is 2.14. The Morgan fingerprint density at radius 1 is 1.11 bits per heavy atom. The van der Waals surface area contributed by atoms with E-state index in [4.69, 9.17) is 0 Å². The fraction of sp³-hybridized carbons (Fsp3) is 0.600. The Morgan fingerprint density at radius 3 is 2.37 bits per heavy atom. The molecule has 27 heavy (non-hydrogen) atoms. The van der Waals surface area contributed by atoms with Gasteiger partial charge in [-0.05, 0) is 38.3 Å². The summed E-state index contributed by atoms with van der Waals surface area (Å²) in [5, 5.41) is 0. The highest BCUT2D eigenvalue weighted by molar-refractivity contribution is 7.89. The number of nitrogens with zero attached hydrogens (tertiary/aromatic N) is 2. The van der Waals surface area contributed by atoms with Gasteiger partial charge in [0.15, 0.2) is 0 Å². The summed E-state index contributed by atoms with van der Waals surface area (Å²) < 4.78 is 27.4. The molecule has 0 aliphatic carbocycles. The molecule has 0 aromatic heterocycles. The molecule has 2 heterocycles. The maximum atomic E-state index is 13.0. The fourth-order valence-electron chi connectivity index (χ4n) is 4.04. The van der Waals surface area contributed by atoms with Crippen LogP contribution in [0.1, 0.15) is 37.3 Å². The van der Waals surface area contributed by atoms with E-state index in [1.165, 1.54) is 4.31 Å². The quantitative estimate of drug-likeness (QED) is 0.790. The number of piperidine rings is 2. The van der Waals surface area contributed by atoms with E-state index in [-0.39, 0.29) is 23.5 Å². The average molecular weight is 393 g/mol. The Balaban J connectivity index is 1.64. The number of hydrogen-bond donors (Lipinski definition) is 0. The van der Waals surface area contributed by atoms with Gasteiger partial charge < -0.3 is 4.90 Å². The lowest BCUT2D eigenvalue weighted by molar-refractivity contribution is -0.141. The monoisotopic (exact) mass is 392 g/mol. The molecule has 0 bridgehead atoms. The van der Waals surface area contributed by atoms with Crippen LogP contribution in [-0.4, -0.2) is 55.5 Å². The minimum absolute atomic E-state index is 0.0675. The van der Waals surface area contributed by atoms with Gasteiger partial charge in [0.2, 0.25) is 15.9 Å². The van der Waals surface area contributed by atoms with Crippen LogP contribution in [0.3, 0.4) is 0 Å². The van der Waals surface area contributed by atoms with Crippen molar-refractivity contribution in [3.8, 4) is 0 Å². The lowest BCUT2D eigenvalue weighted by Crippen LogP contribution is -2.48. The van der Waals surface area contributed by atoms with Gasteiger partial charge in [-0.3, -0.25) is 9.59 Å². The first-order valence-corrected chi connectivity index (χ1v) is 11.0. The van der Waals surface area contributed by atoms with Crippen LogP contribution in [-0.2, 0) is 19.6 Å². The topological polar surface area (TPSA) is 74.8 Å². The van der Waals surface area contributed by atoms with E-state index in [9.17, 15) is 18.0 Å². The SMILES string of the molecule is Cc1ccc(S(=O)(=O)N2CCC(C(=O)N3CCC(=O)C(C)C3)CC2)c(C)c1. The summed E-state index contributed by atoms with van der Waals surface area (Å²) in [5.74, 6) is 0.0231. The van der Waals surface area contributed by atoms with Crippen molar-refractivity contribution in [2.24, 2.45) is 11.8 Å². The van der Waals surface area contributed by atoms with E-state index < -0.39 is 10.0 Å². The van der Waals surface area contributed by atoms with Crippen molar-refractivity contribution in [1.29, 1.82) is 0 Å². The smallest absolute Gasteiger partial charge is 0.243 e. The molecule has 2 aliphatic heterocycles. The van der Waals surface area contributed by atoms with Crippen LogP contribution in [0.4, 0.5) is 0 Å². The Hall–Kier alpha value is -1.73. The zero-order chi connectivity index (χ0) is 19.8. The number of benzene rings is 1. The van der Waals surface area contributed by atoms with Gasteiger partial charge in [-0.1, -0.05) is 24.6 Å². The third-order valence-electron chi connectivity index (χ3n) is 5.74. The third-order valence-corrected chi connectivity index (χ3v) is 7.79. The lowest BCUT2D eigenvalue weighted by atomic mass is 9.93.